The molecule has 82 valence electrons. The van der Waals surface area contributed by atoms with Gasteiger partial charge in [0.15, 0.2) is 0 Å². The number of aliphatic hydroxyl groups excluding tert-OH is 2. The Hall–Kier alpha value is -0.120. The van der Waals surface area contributed by atoms with E-state index in [1.807, 2.05) is 0 Å². The Kier molecular flexibility index (Phi) is 10.0. The van der Waals surface area contributed by atoms with Crippen LogP contribution in [0.2, 0.25) is 0 Å². The van der Waals surface area contributed by atoms with Crippen molar-refractivity contribution in [2.24, 2.45) is 0 Å². The van der Waals surface area contributed by atoms with Crippen LogP contribution in [0.1, 0.15) is 41.0 Å². The normalized spacial score (nSPS) is 13.2. The van der Waals surface area contributed by atoms with Crippen molar-refractivity contribution in [3.05, 3.63) is 0 Å². The van der Waals surface area contributed by atoms with Gasteiger partial charge in [-0.05, 0) is 34.1 Å². The van der Waals surface area contributed by atoms with Crippen molar-refractivity contribution in [2.75, 3.05) is 13.2 Å². The Bertz CT molecular complexity index is 94.8. The van der Waals surface area contributed by atoms with Crippen LogP contribution in [0.3, 0.4) is 0 Å². The molecule has 0 saturated carbocycles. The summed E-state index contributed by atoms with van der Waals surface area (Å²) in [6, 6.07) is 0. The van der Waals surface area contributed by atoms with Crippen LogP contribution in [0.15, 0.2) is 0 Å². The van der Waals surface area contributed by atoms with Gasteiger partial charge in [-0.15, -0.1) is 0 Å². The van der Waals surface area contributed by atoms with E-state index in [0.717, 1.165) is 13.0 Å². The second kappa shape index (κ2) is 8.48. The molecule has 0 aliphatic rings. The summed E-state index contributed by atoms with van der Waals surface area (Å²) in [5, 5.41) is 16.0. The first kappa shape index (κ1) is 15.4. The summed E-state index contributed by atoms with van der Waals surface area (Å²) in [6.45, 7) is 10.6. The molecule has 13 heavy (non-hydrogen) atoms. The van der Waals surface area contributed by atoms with E-state index in [1.165, 1.54) is 6.92 Å². The second-order valence-corrected chi connectivity index (χ2v) is 3.99. The number of aliphatic hydroxyl groups is 2. The van der Waals surface area contributed by atoms with Gasteiger partial charge >= 0.3 is 0 Å². The fourth-order valence-electron chi connectivity index (χ4n) is 0.408. The van der Waals surface area contributed by atoms with Crippen LogP contribution in [-0.2, 0) is 4.74 Å². The van der Waals surface area contributed by atoms with Crippen LogP contribution in [0, 0.1) is 0 Å². The molecule has 3 heteroatoms. The lowest BCUT2D eigenvalue weighted by atomic mass is 10.2. The van der Waals surface area contributed by atoms with Gasteiger partial charge in [-0.2, -0.15) is 0 Å². The van der Waals surface area contributed by atoms with Crippen molar-refractivity contribution >= 4 is 0 Å². The van der Waals surface area contributed by atoms with Crippen LogP contribution in [-0.4, -0.2) is 35.1 Å². The minimum Gasteiger partial charge on any atom is -0.394 e. The Labute approximate surface area is 81.7 Å². The molecule has 3 nitrogen and oxygen atoms in total. The molecule has 1 atom stereocenters. The van der Waals surface area contributed by atoms with Crippen molar-refractivity contribution in [1.82, 2.24) is 0 Å². The third kappa shape index (κ3) is 24.5. The number of hydrogen-bond donors (Lipinski definition) is 2. The minimum atomic E-state index is -0.560. The molecular formula is C10H24O3. The highest BCUT2D eigenvalue weighted by Gasteiger charge is 2.07. The molecule has 0 aromatic heterocycles. The highest BCUT2D eigenvalue weighted by atomic mass is 16.5. The van der Waals surface area contributed by atoms with Crippen molar-refractivity contribution < 1.29 is 14.9 Å². The van der Waals surface area contributed by atoms with Gasteiger partial charge < -0.3 is 14.9 Å². The van der Waals surface area contributed by atoms with E-state index in [4.69, 9.17) is 14.9 Å². The minimum absolute atomic E-state index is 0.0516. The van der Waals surface area contributed by atoms with Crippen molar-refractivity contribution in [3.63, 3.8) is 0 Å². The molecule has 0 heterocycles. The Morgan fingerprint density at radius 1 is 1.31 bits per heavy atom. The molecule has 0 rings (SSSR count). The molecule has 0 aliphatic carbocycles. The predicted molar refractivity (Wildman–Crippen MR) is 54.8 cm³/mol. The maximum absolute atomic E-state index is 8.11. The third-order valence-corrected chi connectivity index (χ3v) is 1.00. The quantitative estimate of drug-likeness (QED) is 0.713. The first-order chi connectivity index (χ1) is 5.83. The number of ether oxygens (including phenoxy) is 1. The van der Waals surface area contributed by atoms with Crippen molar-refractivity contribution in [3.8, 4) is 0 Å². The van der Waals surface area contributed by atoms with Gasteiger partial charge in [-0.3, -0.25) is 0 Å². The standard InChI is InChI=1S/C7H16O.C3H8O2/c1-5-6-8-7(2,3)4;1-3(5)2-4/h5-6H2,1-4H3;3-5H,2H2,1H3. The van der Waals surface area contributed by atoms with Crippen LogP contribution in [0.4, 0.5) is 0 Å². The van der Waals surface area contributed by atoms with E-state index < -0.39 is 6.10 Å². The summed E-state index contributed by atoms with van der Waals surface area (Å²) in [6.07, 6.45) is 0.548. The Balaban J connectivity index is 0. The fraction of sp³-hybridized carbons (Fsp3) is 1.00. The second-order valence-electron chi connectivity index (χ2n) is 3.99. The summed E-state index contributed by atoms with van der Waals surface area (Å²) in [5.41, 5.74) is 0.0516. The average molecular weight is 192 g/mol. The Morgan fingerprint density at radius 3 is 1.77 bits per heavy atom. The van der Waals surface area contributed by atoms with Gasteiger partial charge in [0.05, 0.1) is 18.3 Å². The first-order valence-corrected chi connectivity index (χ1v) is 4.76. The molecule has 2 N–H and O–H groups in total. The molecule has 0 bridgehead atoms. The SMILES string of the molecule is CC(O)CO.CCCOC(C)(C)C. The fourth-order valence-corrected chi connectivity index (χ4v) is 0.408. The maximum atomic E-state index is 8.11. The van der Waals surface area contributed by atoms with Crippen molar-refractivity contribution in [2.45, 2.75) is 52.7 Å². The summed E-state index contributed by atoms with van der Waals surface area (Å²) in [4.78, 5) is 0. The van der Waals surface area contributed by atoms with E-state index in [9.17, 15) is 0 Å². The summed E-state index contributed by atoms with van der Waals surface area (Å²) in [5.74, 6) is 0. The molecule has 0 aromatic rings. The summed E-state index contributed by atoms with van der Waals surface area (Å²) >= 11 is 0. The van der Waals surface area contributed by atoms with Gasteiger partial charge in [0.1, 0.15) is 0 Å². The largest absolute Gasteiger partial charge is 0.394 e. The van der Waals surface area contributed by atoms with E-state index in [0.29, 0.717) is 0 Å². The summed E-state index contributed by atoms with van der Waals surface area (Å²) in [7, 11) is 0. The smallest absolute Gasteiger partial charge is 0.0742 e. The van der Waals surface area contributed by atoms with Crippen LogP contribution in [0.25, 0.3) is 0 Å². The highest BCUT2D eigenvalue weighted by Crippen LogP contribution is 2.05. The van der Waals surface area contributed by atoms with E-state index >= 15 is 0 Å². The monoisotopic (exact) mass is 192 g/mol. The van der Waals surface area contributed by atoms with Crippen LogP contribution >= 0.6 is 0 Å². The Morgan fingerprint density at radius 2 is 1.69 bits per heavy atom. The lowest BCUT2D eigenvalue weighted by molar-refractivity contribution is -0.00236. The van der Waals surface area contributed by atoms with Gasteiger partial charge in [-0.25, -0.2) is 0 Å². The molecular weight excluding hydrogens is 168 g/mol. The molecule has 1 unspecified atom stereocenters. The molecule has 0 amide bonds. The average Bonchev–Trinajstić information content (AvgIpc) is 2.00. The van der Waals surface area contributed by atoms with E-state index in [1.54, 1.807) is 0 Å². The zero-order chi connectivity index (χ0) is 10.9. The molecule has 0 radical (unpaired) electrons. The molecule has 0 aromatic carbocycles. The number of rotatable bonds is 3. The first-order valence-electron chi connectivity index (χ1n) is 4.76. The van der Waals surface area contributed by atoms with Crippen molar-refractivity contribution in [1.29, 1.82) is 0 Å². The predicted octanol–water partition coefficient (Wildman–Crippen LogP) is 1.57. The number of hydrogen-bond acceptors (Lipinski definition) is 3. The van der Waals surface area contributed by atoms with E-state index in [-0.39, 0.29) is 12.2 Å². The zero-order valence-corrected chi connectivity index (χ0v) is 9.50. The molecule has 0 spiro atoms. The third-order valence-electron chi connectivity index (χ3n) is 1.00. The molecule has 0 aliphatic heterocycles. The van der Waals surface area contributed by atoms with E-state index in [2.05, 4.69) is 27.7 Å². The molecule has 0 fully saturated rings. The van der Waals surface area contributed by atoms with Gasteiger partial charge in [0.2, 0.25) is 0 Å². The zero-order valence-electron chi connectivity index (χ0n) is 9.50. The summed E-state index contributed by atoms with van der Waals surface area (Å²) < 4.78 is 5.38. The maximum Gasteiger partial charge on any atom is 0.0742 e. The lowest BCUT2D eigenvalue weighted by Gasteiger charge is -2.18. The van der Waals surface area contributed by atoms with Crippen LogP contribution in [0.5, 0.6) is 0 Å². The topological polar surface area (TPSA) is 49.7 Å². The highest BCUT2D eigenvalue weighted by molar-refractivity contribution is 4.57. The van der Waals surface area contributed by atoms with Gasteiger partial charge in [0.25, 0.3) is 0 Å². The van der Waals surface area contributed by atoms with Gasteiger partial charge in [-0.1, -0.05) is 6.92 Å². The van der Waals surface area contributed by atoms with Crippen LogP contribution < -0.4 is 0 Å². The molecule has 0 saturated heterocycles. The lowest BCUT2D eigenvalue weighted by Crippen LogP contribution is -2.19. The van der Waals surface area contributed by atoms with Gasteiger partial charge in [0, 0.05) is 6.61 Å².